The minimum atomic E-state index is -1.76. The van der Waals surface area contributed by atoms with E-state index in [0.29, 0.717) is 11.3 Å². The van der Waals surface area contributed by atoms with Crippen molar-refractivity contribution in [1.29, 1.82) is 0 Å². The number of aliphatic hydroxyl groups excluding tert-OH is 1. The molecule has 2 aromatic rings. The molecule has 4 rings (SSSR count). The lowest BCUT2D eigenvalue weighted by Crippen LogP contribution is -2.65. The summed E-state index contributed by atoms with van der Waals surface area (Å²) in [4.78, 5) is 57.1. The average molecular weight is 604 g/mol. The van der Waals surface area contributed by atoms with Gasteiger partial charge in [0.05, 0.1) is 17.8 Å². The van der Waals surface area contributed by atoms with E-state index in [1.807, 2.05) is 62.4 Å². The van der Waals surface area contributed by atoms with Gasteiger partial charge in [0.2, 0.25) is 11.8 Å². The Morgan fingerprint density at radius 3 is 2.07 bits per heavy atom. The number of carbonyl (C=O) groups excluding carboxylic acids is 4. The van der Waals surface area contributed by atoms with Gasteiger partial charge in [-0.1, -0.05) is 93.8 Å². The van der Waals surface area contributed by atoms with E-state index in [0.717, 1.165) is 37.7 Å². The van der Waals surface area contributed by atoms with Gasteiger partial charge >= 0.3 is 5.97 Å². The number of hydrogen-bond acceptors (Lipinski definition) is 6. The lowest BCUT2D eigenvalue weighted by molar-refractivity contribution is -0.178. The quantitative estimate of drug-likeness (QED) is 0.385. The van der Waals surface area contributed by atoms with E-state index in [1.54, 1.807) is 37.1 Å². The Hall–Kier alpha value is -3.98. The molecule has 0 aromatic heterocycles. The fourth-order valence-electron chi connectivity index (χ4n) is 6.19. The standard InChI is InChI=1S/C35H45N3O6/c1-23(2)31-34(42)38(30(27-17-11-7-12-18-27)22-36(31)33(41)28-19-13-8-14-20-28)37(25(5)39)29(21-26-15-9-6-10-16-26)32(40)35(43)44-24(3)4/h6-7,9-12,15-18,22-24,28-29,31-32,40H,8,13-14,19-21H2,1-5H3/t29-,31?,32?/m0/s1. The van der Waals surface area contributed by atoms with Gasteiger partial charge in [0.1, 0.15) is 6.04 Å². The molecule has 3 amide bonds. The molecule has 9 nitrogen and oxygen atoms in total. The van der Waals surface area contributed by atoms with Crippen LogP contribution in [0, 0.1) is 11.8 Å². The van der Waals surface area contributed by atoms with Gasteiger partial charge in [0.25, 0.3) is 5.91 Å². The van der Waals surface area contributed by atoms with Gasteiger partial charge in [-0.3, -0.25) is 14.4 Å². The van der Waals surface area contributed by atoms with Crippen molar-refractivity contribution in [3.8, 4) is 0 Å². The first-order chi connectivity index (χ1) is 21.0. The van der Waals surface area contributed by atoms with Crippen molar-refractivity contribution >= 4 is 29.4 Å². The highest BCUT2D eigenvalue weighted by Gasteiger charge is 2.48. The zero-order valence-corrected chi connectivity index (χ0v) is 26.4. The summed E-state index contributed by atoms with van der Waals surface area (Å²) in [6, 6.07) is 16.2. The largest absolute Gasteiger partial charge is 0.461 e. The fourth-order valence-corrected chi connectivity index (χ4v) is 6.19. The second-order valence-corrected chi connectivity index (χ2v) is 12.4. The number of hydrazine groups is 1. The fraction of sp³-hybridized carbons (Fsp3) is 0.486. The number of benzene rings is 2. The molecule has 2 unspecified atom stereocenters. The molecule has 1 aliphatic heterocycles. The summed E-state index contributed by atoms with van der Waals surface area (Å²) in [5.74, 6) is -2.49. The van der Waals surface area contributed by atoms with E-state index < -0.39 is 42.1 Å². The van der Waals surface area contributed by atoms with Gasteiger partial charge in [0, 0.05) is 24.6 Å². The number of ether oxygens (including phenoxy) is 1. The summed E-state index contributed by atoms with van der Waals surface area (Å²) >= 11 is 0. The number of amides is 3. The molecular weight excluding hydrogens is 558 g/mol. The molecule has 1 saturated carbocycles. The van der Waals surface area contributed by atoms with Crippen LogP contribution in [0.1, 0.15) is 77.8 Å². The Bertz CT molecular complexity index is 1340. The highest BCUT2D eigenvalue weighted by Crippen LogP contribution is 2.36. The number of carbonyl (C=O) groups is 4. The average Bonchev–Trinajstić information content (AvgIpc) is 3.01. The number of hydrogen-bond donors (Lipinski definition) is 1. The van der Waals surface area contributed by atoms with Crippen LogP contribution in [-0.4, -0.2) is 68.0 Å². The molecule has 0 saturated heterocycles. The van der Waals surface area contributed by atoms with Crippen LogP contribution < -0.4 is 0 Å². The van der Waals surface area contributed by atoms with Crippen molar-refractivity contribution in [3.63, 3.8) is 0 Å². The number of nitrogens with zero attached hydrogens (tertiary/aromatic N) is 3. The van der Waals surface area contributed by atoms with E-state index in [1.165, 1.54) is 16.9 Å². The van der Waals surface area contributed by atoms with Crippen LogP contribution in [0.3, 0.4) is 0 Å². The van der Waals surface area contributed by atoms with Crippen molar-refractivity contribution in [2.75, 3.05) is 0 Å². The van der Waals surface area contributed by atoms with Crippen molar-refractivity contribution in [3.05, 3.63) is 78.0 Å². The Morgan fingerprint density at radius 1 is 0.932 bits per heavy atom. The number of esters is 1. The summed E-state index contributed by atoms with van der Waals surface area (Å²) in [5.41, 5.74) is 1.67. The molecular formula is C35H45N3O6. The van der Waals surface area contributed by atoms with Crippen molar-refractivity contribution < 1.29 is 29.0 Å². The monoisotopic (exact) mass is 603 g/mol. The van der Waals surface area contributed by atoms with Crippen molar-refractivity contribution in [2.45, 2.75) is 97.4 Å². The highest BCUT2D eigenvalue weighted by molar-refractivity contribution is 5.99. The van der Waals surface area contributed by atoms with Gasteiger partial charge < -0.3 is 14.7 Å². The maximum absolute atomic E-state index is 14.7. The highest BCUT2D eigenvalue weighted by atomic mass is 16.6. The zero-order chi connectivity index (χ0) is 32.0. The first-order valence-corrected chi connectivity index (χ1v) is 15.7. The van der Waals surface area contributed by atoms with Crippen LogP contribution in [-0.2, 0) is 30.3 Å². The van der Waals surface area contributed by atoms with Gasteiger partial charge in [0.15, 0.2) is 6.10 Å². The molecule has 3 atom stereocenters. The van der Waals surface area contributed by atoms with Gasteiger partial charge in [-0.05, 0) is 44.6 Å². The zero-order valence-electron chi connectivity index (χ0n) is 26.4. The normalized spacial score (nSPS) is 19.0. The molecule has 1 fully saturated rings. The van der Waals surface area contributed by atoms with Gasteiger partial charge in [-0.15, -0.1) is 0 Å². The first-order valence-electron chi connectivity index (χ1n) is 15.7. The molecule has 1 aliphatic carbocycles. The third kappa shape index (κ3) is 7.38. The molecule has 0 radical (unpaired) electrons. The van der Waals surface area contributed by atoms with Crippen LogP contribution >= 0.6 is 0 Å². The maximum atomic E-state index is 14.7. The molecule has 44 heavy (non-hydrogen) atoms. The summed E-state index contributed by atoms with van der Waals surface area (Å²) in [6.07, 6.45) is 4.06. The first kappa shape index (κ1) is 32.9. The van der Waals surface area contributed by atoms with Crippen LogP contribution in [0.2, 0.25) is 0 Å². The minimum Gasteiger partial charge on any atom is -0.461 e. The van der Waals surface area contributed by atoms with Crippen LogP contribution in [0.25, 0.3) is 5.70 Å². The van der Waals surface area contributed by atoms with E-state index in [2.05, 4.69) is 0 Å². The molecule has 0 bridgehead atoms. The number of rotatable bonds is 10. The van der Waals surface area contributed by atoms with Crippen LogP contribution in [0.15, 0.2) is 66.9 Å². The Labute approximate surface area is 260 Å². The van der Waals surface area contributed by atoms with E-state index in [-0.39, 0.29) is 24.2 Å². The van der Waals surface area contributed by atoms with Gasteiger partial charge in [-0.2, -0.15) is 0 Å². The van der Waals surface area contributed by atoms with Crippen molar-refractivity contribution in [2.24, 2.45) is 11.8 Å². The Morgan fingerprint density at radius 2 is 1.52 bits per heavy atom. The molecule has 0 spiro atoms. The lowest BCUT2D eigenvalue weighted by atomic mass is 9.87. The third-order valence-corrected chi connectivity index (χ3v) is 8.26. The molecule has 2 aliphatic rings. The number of aliphatic hydroxyl groups is 1. The van der Waals surface area contributed by atoms with Crippen LogP contribution in [0.5, 0.6) is 0 Å². The van der Waals surface area contributed by atoms with Crippen molar-refractivity contribution in [1.82, 2.24) is 14.9 Å². The summed E-state index contributed by atoms with van der Waals surface area (Å²) in [7, 11) is 0. The Balaban J connectivity index is 1.89. The Kier molecular flexibility index (Phi) is 11.0. The van der Waals surface area contributed by atoms with E-state index >= 15 is 0 Å². The van der Waals surface area contributed by atoms with E-state index in [4.69, 9.17) is 4.74 Å². The molecule has 1 N–H and O–H groups in total. The molecule has 9 heteroatoms. The second kappa shape index (κ2) is 14.7. The summed E-state index contributed by atoms with van der Waals surface area (Å²) < 4.78 is 5.36. The minimum absolute atomic E-state index is 0.0672. The maximum Gasteiger partial charge on any atom is 0.337 e. The topological polar surface area (TPSA) is 107 Å². The smallest absolute Gasteiger partial charge is 0.337 e. The predicted octanol–water partition coefficient (Wildman–Crippen LogP) is 4.95. The van der Waals surface area contributed by atoms with Crippen LogP contribution in [0.4, 0.5) is 0 Å². The predicted molar refractivity (Wildman–Crippen MR) is 167 cm³/mol. The summed E-state index contributed by atoms with van der Waals surface area (Å²) in [5, 5.41) is 13.9. The lowest BCUT2D eigenvalue weighted by Gasteiger charge is -2.48. The molecule has 1 heterocycles. The summed E-state index contributed by atoms with van der Waals surface area (Å²) in [6.45, 7) is 8.40. The SMILES string of the molecule is CC(=O)N([C@@H](Cc1ccccc1)C(O)C(=O)OC(C)C)N1C(=O)C(C(C)C)N(C(=O)C2CCCCC2)C=C1c1ccccc1. The molecule has 236 valence electrons. The second-order valence-electron chi connectivity index (χ2n) is 12.4. The molecule has 2 aromatic carbocycles. The van der Waals surface area contributed by atoms with E-state index in [9.17, 15) is 24.3 Å². The third-order valence-electron chi connectivity index (χ3n) is 8.26. The van der Waals surface area contributed by atoms with Gasteiger partial charge in [-0.25, -0.2) is 14.8 Å².